The first-order valence-corrected chi connectivity index (χ1v) is 12.0. The highest BCUT2D eigenvalue weighted by atomic mass is 16.6. The Labute approximate surface area is 181 Å². The molecule has 4 heteroatoms. The van der Waals surface area contributed by atoms with Crippen molar-refractivity contribution in [2.45, 2.75) is 109 Å². The van der Waals surface area contributed by atoms with E-state index in [0.717, 1.165) is 57.8 Å². The summed E-state index contributed by atoms with van der Waals surface area (Å²) in [4.78, 5) is 27.4. The van der Waals surface area contributed by atoms with Crippen LogP contribution < -0.4 is 0 Å². The number of ether oxygens (including phenoxy) is 2. The van der Waals surface area contributed by atoms with Crippen LogP contribution in [0.25, 0.3) is 0 Å². The average molecular weight is 415 g/mol. The first kappa shape index (κ1) is 22.8. The van der Waals surface area contributed by atoms with E-state index in [2.05, 4.69) is 13.8 Å². The molecular weight excluding hydrogens is 376 g/mol. The van der Waals surface area contributed by atoms with Gasteiger partial charge in [0, 0.05) is 0 Å². The first-order valence-electron chi connectivity index (χ1n) is 12.0. The quantitative estimate of drug-likeness (QED) is 0.380. The molecule has 2 saturated carbocycles. The maximum Gasteiger partial charge on any atom is 0.328 e. The first-order chi connectivity index (χ1) is 14.5. The molecule has 2 fully saturated rings. The molecule has 2 aliphatic rings. The Morgan fingerprint density at radius 2 is 1.30 bits per heavy atom. The number of benzene rings is 1. The molecule has 4 nitrogen and oxygen atoms in total. The monoisotopic (exact) mass is 414 g/mol. The molecule has 166 valence electrons. The van der Waals surface area contributed by atoms with Crippen molar-refractivity contribution in [1.29, 1.82) is 0 Å². The van der Waals surface area contributed by atoms with Gasteiger partial charge < -0.3 is 9.47 Å². The molecule has 0 aromatic heterocycles. The largest absolute Gasteiger partial charge is 0.461 e. The fourth-order valence-corrected chi connectivity index (χ4v) is 4.77. The Balaban J connectivity index is 1.91. The van der Waals surface area contributed by atoms with Gasteiger partial charge in [-0.2, -0.15) is 0 Å². The van der Waals surface area contributed by atoms with E-state index in [1.165, 1.54) is 12.8 Å². The van der Waals surface area contributed by atoms with Crippen LogP contribution in [0.3, 0.4) is 0 Å². The molecule has 0 bridgehead atoms. The Morgan fingerprint density at radius 3 is 1.73 bits per heavy atom. The van der Waals surface area contributed by atoms with E-state index >= 15 is 0 Å². The zero-order valence-electron chi connectivity index (χ0n) is 18.7. The predicted octanol–water partition coefficient (Wildman–Crippen LogP) is 6.11. The van der Waals surface area contributed by atoms with Crippen molar-refractivity contribution < 1.29 is 19.1 Å². The van der Waals surface area contributed by atoms with Crippen LogP contribution in [0.2, 0.25) is 0 Å². The molecule has 1 aromatic rings. The summed E-state index contributed by atoms with van der Waals surface area (Å²) in [6.45, 7) is 4.24. The lowest BCUT2D eigenvalue weighted by molar-refractivity contribution is -0.173. The summed E-state index contributed by atoms with van der Waals surface area (Å²) in [5.41, 5.74) is -0.673. The summed E-state index contributed by atoms with van der Waals surface area (Å²) < 4.78 is 12.0. The highest BCUT2D eigenvalue weighted by Crippen LogP contribution is 2.37. The van der Waals surface area contributed by atoms with Gasteiger partial charge in [-0.05, 0) is 75.7 Å². The highest BCUT2D eigenvalue weighted by molar-refractivity contribution is 6.06. The molecule has 0 amide bonds. The number of hydrogen-bond acceptors (Lipinski definition) is 4. The van der Waals surface area contributed by atoms with Crippen molar-refractivity contribution >= 4 is 11.9 Å². The molecule has 0 unspecified atom stereocenters. The summed E-state index contributed by atoms with van der Waals surface area (Å²) in [7, 11) is 0. The molecule has 0 aliphatic heterocycles. The molecule has 0 saturated heterocycles. The summed E-state index contributed by atoms with van der Waals surface area (Å²) in [5, 5.41) is 0. The van der Waals surface area contributed by atoms with Crippen LogP contribution in [-0.4, -0.2) is 24.1 Å². The minimum Gasteiger partial charge on any atom is -0.461 e. The number of hydrogen-bond donors (Lipinski definition) is 0. The van der Waals surface area contributed by atoms with Crippen molar-refractivity contribution in [3.05, 3.63) is 35.9 Å². The third-order valence-electron chi connectivity index (χ3n) is 6.71. The van der Waals surface area contributed by atoms with Crippen molar-refractivity contribution in [2.24, 2.45) is 5.92 Å². The van der Waals surface area contributed by atoms with Gasteiger partial charge in [-0.15, -0.1) is 0 Å². The molecule has 0 N–H and O–H groups in total. The fraction of sp³-hybridized carbons (Fsp3) is 0.692. The number of rotatable bonds is 8. The second-order valence-electron chi connectivity index (χ2n) is 9.53. The van der Waals surface area contributed by atoms with Gasteiger partial charge in [0.25, 0.3) is 0 Å². The van der Waals surface area contributed by atoms with Crippen LogP contribution in [0, 0.1) is 5.92 Å². The Kier molecular flexibility index (Phi) is 8.35. The topological polar surface area (TPSA) is 52.6 Å². The molecule has 2 aliphatic carbocycles. The van der Waals surface area contributed by atoms with Crippen molar-refractivity contribution in [3.63, 3.8) is 0 Å². The normalized spacial score (nSPS) is 18.9. The van der Waals surface area contributed by atoms with E-state index in [9.17, 15) is 9.59 Å². The maximum absolute atomic E-state index is 13.7. The molecular formula is C26H38O4. The second kappa shape index (κ2) is 11.0. The Bertz CT molecular complexity index is 638. The lowest BCUT2D eigenvalue weighted by atomic mass is 9.75. The van der Waals surface area contributed by atoms with E-state index < -0.39 is 17.4 Å². The Hall–Kier alpha value is -1.84. The second-order valence-corrected chi connectivity index (χ2v) is 9.53. The fourth-order valence-electron chi connectivity index (χ4n) is 4.77. The van der Waals surface area contributed by atoms with E-state index in [1.807, 2.05) is 30.3 Å². The van der Waals surface area contributed by atoms with Gasteiger partial charge in [-0.3, -0.25) is 9.59 Å². The van der Waals surface area contributed by atoms with Crippen LogP contribution in [0.4, 0.5) is 0 Å². The number of esters is 2. The molecule has 0 atom stereocenters. The van der Waals surface area contributed by atoms with Crippen LogP contribution >= 0.6 is 0 Å². The van der Waals surface area contributed by atoms with Gasteiger partial charge >= 0.3 is 11.9 Å². The number of carbonyl (C=O) groups is 2. The van der Waals surface area contributed by atoms with E-state index in [4.69, 9.17) is 9.47 Å². The molecule has 0 heterocycles. The van der Waals surface area contributed by atoms with E-state index in [1.54, 1.807) is 0 Å². The smallest absolute Gasteiger partial charge is 0.328 e. The standard InChI is InChI=1S/C26H38O4/c1-20(2)18-19-26(21-12-6-3-7-13-21,24(27)29-22-14-8-4-9-15-22)25(28)30-23-16-10-5-11-17-23/h3,6-7,12-13,20,22-23H,4-5,8-11,14-19H2,1-2H3. The van der Waals surface area contributed by atoms with Crippen molar-refractivity contribution in [3.8, 4) is 0 Å². The van der Waals surface area contributed by atoms with Crippen LogP contribution in [0.15, 0.2) is 30.3 Å². The van der Waals surface area contributed by atoms with Gasteiger partial charge in [0.05, 0.1) is 0 Å². The zero-order valence-corrected chi connectivity index (χ0v) is 18.7. The summed E-state index contributed by atoms with van der Waals surface area (Å²) in [5.74, 6) is -0.456. The summed E-state index contributed by atoms with van der Waals surface area (Å²) in [6.07, 6.45) is 11.2. The summed E-state index contributed by atoms with van der Waals surface area (Å²) in [6, 6.07) is 9.45. The minimum absolute atomic E-state index is 0.0872. The third-order valence-corrected chi connectivity index (χ3v) is 6.71. The van der Waals surface area contributed by atoms with Crippen LogP contribution in [0.5, 0.6) is 0 Å². The van der Waals surface area contributed by atoms with E-state index in [0.29, 0.717) is 17.9 Å². The molecule has 3 rings (SSSR count). The van der Waals surface area contributed by atoms with E-state index in [-0.39, 0.29) is 12.2 Å². The van der Waals surface area contributed by atoms with Crippen LogP contribution in [0.1, 0.15) is 96.5 Å². The highest BCUT2D eigenvalue weighted by Gasteiger charge is 2.51. The molecule has 0 radical (unpaired) electrons. The Morgan fingerprint density at radius 1 is 0.833 bits per heavy atom. The van der Waals surface area contributed by atoms with Gasteiger partial charge in [0.15, 0.2) is 5.41 Å². The van der Waals surface area contributed by atoms with Gasteiger partial charge in [-0.25, -0.2) is 0 Å². The minimum atomic E-state index is -1.37. The van der Waals surface area contributed by atoms with Gasteiger partial charge in [0.2, 0.25) is 0 Å². The zero-order chi connectivity index (χ0) is 21.4. The van der Waals surface area contributed by atoms with Crippen molar-refractivity contribution in [2.75, 3.05) is 0 Å². The molecule has 0 spiro atoms. The SMILES string of the molecule is CC(C)CCC(C(=O)OC1CCCCC1)(C(=O)OC1CCCCC1)c1ccccc1. The van der Waals surface area contributed by atoms with Crippen LogP contribution in [-0.2, 0) is 24.5 Å². The van der Waals surface area contributed by atoms with Crippen molar-refractivity contribution in [1.82, 2.24) is 0 Å². The molecule has 30 heavy (non-hydrogen) atoms. The summed E-state index contributed by atoms with van der Waals surface area (Å²) >= 11 is 0. The molecule has 1 aromatic carbocycles. The predicted molar refractivity (Wildman–Crippen MR) is 118 cm³/mol. The van der Waals surface area contributed by atoms with Gasteiger partial charge in [-0.1, -0.05) is 57.0 Å². The maximum atomic E-state index is 13.7. The lowest BCUT2D eigenvalue weighted by Gasteiger charge is -2.35. The average Bonchev–Trinajstić information content (AvgIpc) is 2.76. The third kappa shape index (κ3) is 5.65. The lowest BCUT2D eigenvalue weighted by Crippen LogP contribution is -2.49. The van der Waals surface area contributed by atoms with Gasteiger partial charge in [0.1, 0.15) is 12.2 Å². The number of carbonyl (C=O) groups excluding carboxylic acids is 2.